The van der Waals surface area contributed by atoms with E-state index in [4.69, 9.17) is 0 Å². The van der Waals surface area contributed by atoms with Gasteiger partial charge in [0.1, 0.15) is 5.69 Å². The normalized spacial score (nSPS) is 20.0. The zero-order valence-electron chi connectivity index (χ0n) is 16.4. The molecule has 1 saturated heterocycles. The first-order valence-corrected chi connectivity index (χ1v) is 10.2. The molecule has 0 N–H and O–H groups in total. The van der Waals surface area contributed by atoms with Gasteiger partial charge in [-0.2, -0.15) is 13.2 Å². The monoisotopic (exact) mass is 413 g/mol. The molecule has 1 atom stereocenters. The second-order valence-electron chi connectivity index (χ2n) is 8.04. The molecule has 1 aliphatic carbocycles. The molecule has 2 aromatic heterocycles. The van der Waals surface area contributed by atoms with E-state index in [1.807, 2.05) is 35.4 Å². The number of hydrogen-bond donors (Lipinski definition) is 0. The molecule has 8 heteroatoms. The number of para-hydroxylation sites is 1. The van der Waals surface area contributed by atoms with Crippen LogP contribution < -0.4 is 4.90 Å². The van der Waals surface area contributed by atoms with E-state index < -0.39 is 11.9 Å². The van der Waals surface area contributed by atoms with Crippen molar-refractivity contribution in [3.63, 3.8) is 0 Å². The smallest absolute Gasteiger partial charge is 0.334 e. The molecule has 3 aromatic rings. The van der Waals surface area contributed by atoms with Crippen molar-refractivity contribution in [2.45, 2.75) is 44.1 Å². The fourth-order valence-electron chi connectivity index (χ4n) is 4.32. The Morgan fingerprint density at radius 2 is 1.77 bits per heavy atom. The molecule has 0 spiro atoms. The summed E-state index contributed by atoms with van der Waals surface area (Å²) >= 11 is 0. The number of halogens is 3. The van der Waals surface area contributed by atoms with E-state index in [9.17, 15) is 13.2 Å². The van der Waals surface area contributed by atoms with Crippen molar-refractivity contribution < 1.29 is 13.2 Å². The van der Waals surface area contributed by atoms with Gasteiger partial charge in [-0.05, 0) is 43.0 Å². The first kappa shape index (κ1) is 19.2. The lowest BCUT2D eigenvalue weighted by Gasteiger charge is -2.29. The third-order valence-corrected chi connectivity index (χ3v) is 5.88. The number of hydrogen-bond acceptors (Lipinski definition) is 5. The van der Waals surface area contributed by atoms with Crippen LogP contribution in [0.3, 0.4) is 0 Å². The maximum Gasteiger partial charge on any atom is 0.433 e. The predicted molar refractivity (Wildman–Crippen MR) is 108 cm³/mol. The van der Waals surface area contributed by atoms with Crippen LogP contribution in [0, 0.1) is 0 Å². The Morgan fingerprint density at radius 3 is 2.57 bits per heavy atom. The van der Waals surface area contributed by atoms with Crippen LogP contribution in [0.5, 0.6) is 0 Å². The Balaban J connectivity index is 1.35. The third-order valence-electron chi connectivity index (χ3n) is 5.88. The molecule has 5 nitrogen and oxygen atoms in total. The van der Waals surface area contributed by atoms with Crippen LogP contribution >= 0.6 is 0 Å². The van der Waals surface area contributed by atoms with Crippen LogP contribution in [0.4, 0.5) is 19.1 Å². The summed E-state index contributed by atoms with van der Waals surface area (Å²) in [5.74, 6) is 0.202. The fraction of sp³-hybridized carbons (Fsp3) is 0.409. The second kappa shape index (κ2) is 7.50. The average molecular weight is 413 g/mol. The number of pyridine rings is 1. The fourth-order valence-corrected chi connectivity index (χ4v) is 4.32. The zero-order valence-corrected chi connectivity index (χ0v) is 16.4. The maximum atomic E-state index is 13.1. The number of aromatic nitrogens is 3. The Labute approximate surface area is 172 Å². The van der Waals surface area contributed by atoms with Crippen LogP contribution in [-0.2, 0) is 12.7 Å². The summed E-state index contributed by atoms with van der Waals surface area (Å²) in [6.45, 7) is 2.47. The van der Waals surface area contributed by atoms with Crippen LogP contribution in [-0.4, -0.2) is 45.0 Å². The lowest BCUT2D eigenvalue weighted by Crippen LogP contribution is -2.40. The summed E-state index contributed by atoms with van der Waals surface area (Å²) in [6, 6.07) is 11.4. The van der Waals surface area contributed by atoms with Gasteiger partial charge < -0.3 is 4.90 Å². The molecule has 3 heterocycles. The maximum absolute atomic E-state index is 13.1. The van der Waals surface area contributed by atoms with Gasteiger partial charge >= 0.3 is 6.18 Å². The summed E-state index contributed by atoms with van der Waals surface area (Å²) in [7, 11) is 0. The van der Waals surface area contributed by atoms with Gasteiger partial charge in [-0.3, -0.25) is 9.88 Å². The molecule has 0 bridgehead atoms. The SMILES string of the molecule is FC(F)(F)c1ccnc(N(C2CC2)C2CCN(Cc3ccnc4ccccc34)C2)n1. The van der Waals surface area contributed by atoms with Crippen molar-refractivity contribution in [3.8, 4) is 0 Å². The second-order valence-corrected chi connectivity index (χ2v) is 8.04. The Kier molecular flexibility index (Phi) is 4.81. The van der Waals surface area contributed by atoms with E-state index in [1.54, 1.807) is 0 Å². The molecule has 0 radical (unpaired) electrons. The molecule has 30 heavy (non-hydrogen) atoms. The predicted octanol–water partition coefficient (Wildman–Crippen LogP) is 4.29. The van der Waals surface area contributed by atoms with Gasteiger partial charge in [0.25, 0.3) is 0 Å². The number of fused-ring (bicyclic) bond motifs is 1. The molecule has 0 amide bonds. The highest BCUT2D eigenvalue weighted by Crippen LogP contribution is 2.36. The summed E-state index contributed by atoms with van der Waals surface area (Å²) in [4.78, 5) is 16.9. The quantitative estimate of drug-likeness (QED) is 0.625. The molecule has 2 fully saturated rings. The number of likely N-dealkylation sites (tertiary alicyclic amines) is 1. The van der Waals surface area contributed by atoms with Crippen LogP contribution in [0.15, 0.2) is 48.8 Å². The standard InChI is InChI=1S/C22H22F3N5/c23-22(24,25)20-8-11-27-21(28-20)30(16-5-6-16)17-9-12-29(14-17)13-15-7-10-26-19-4-2-1-3-18(15)19/h1-4,7-8,10-11,16-17H,5-6,9,12-14H2. The Hall–Kier alpha value is -2.74. The Morgan fingerprint density at radius 1 is 0.967 bits per heavy atom. The molecule has 1 aliphatic heterocycles. The van der Waals surface area contributed by atoms with Gasteiger partial charge in [0, 0.05) is 49.5 Å². The van der Waals surface area contributed by atoms with Crippen LogP contribution in [0.25, 0.3) is 10.9 Å². The largest absolute Gasteiger partial charge is 0.433 e. The van der Waals surface area contributed by atoms with Crippen molar-refractivity contribution in [1.29, 1.82) is 0 Å². The average Bonchev–Trinajstić information content (AvgIpc) is 3.47. The third kappa shape index (κ3) is 3.84. The topological polar surface area (TPSA) is 45.2 Å². The van der Waals surface area contributed by atoms with E-state index in [-0.39, 0.29) is 18.0 Å². The van der Waals surface area contributed by atoms with E-state index >= 15 is 0 Å². The molecule has 1 unspecified atom stereocenters. The van der Waals surface area contributed by atoms with Crippen molar-refractivity contribution in [1.82, 2.24) is 19.9 Å². The highest BCUT2D eigenvalue weighted by atomic mass is 19.4. The highest BCUT2D eigenvalue weighted by Gasteiger charge is 2.40. The lowest BCUT2D eigenvalue weighted by atomic mass is 10.1. The van der Waals surface area contributed by atoms with E-state index in [2.05, 4.69) is 25.9 Å². The van der Waals surface area contributed by atoms with E-state index in [0.717, 1.165) is 55.9 Å². The van der Waals surface area contributed by atoms with Crippen molar-refractivity contribution in [2.75, 3.05) is 18.0 Å². The number of anilines is 1. The molecule has 156 valence electrons. The number of nitrogens with zero attached hydrogens (tertiary/aromatic N) is 5. The van der Waals surface area contributed by atoms with Crippen LogP contribution in [0.2, 0.25) is 0 Å². The lowest BCUT2D eigenvalue weighted by molar-refractivity contribution is -0.141. The van der Waals surface area contributed by atoms with Gasteiger partial charge in [0.05, 0.1) is 5.52 Å². The van der Waals surface area contributed by atoms with E-state index in [1.165, 1.54) is 11.8 Å². The first-order chi connectivity index (χ1) is 14.5. The molecular weight excluding hydrogens is 391 g/mol. The minimum absolute atomic E-state index is 0.120. The van der Waals surface area contributed by atoms with Gasteiger partial charge in [-0.15, -0.1) is 0 Å². The van der Waals surface area contributed by atoms with Gasteiger partial charge in [0.15, 0.2) is 0 Å². The Bertz CT molecular complexity index is 1040. The number of rotatable bonds is 5. The number of alkyl halides is 3. The summed E-state index contributed by atoms with van der Waals surface area (Å²) in [5.41, 5.74) is 1.31. The minimum Gasteiger partial charge on any atom is -0.334 e. The minimum atomic E-state index is -4.46. The summed E-state index contributed by atoms with van der Waals surface area (Å²) in [6.07, 6.45) is 1.43. The van der Waals surface area contributed by atoms with Crippen molar-refractivity contribution >= 4 is 16.9 Å². The molecule has 2 aliphatic rings. The molecule has 1 saturated carbocycles. The van der Waals surface area contributed by atoms with Gasteiger partial charge in [-0.1, -0.05) is 18.2 Å². The van der Waals surface area contributed by atoms with E-state index in [0.29, 0.717) is 0 Å². The van der Waals surface area contributed by atoms with Crippen LogP contribution in [0.1, 0.15) is 30.5 Å². The summed E-state index contributed by atoms with van der Waals surface area (Å²) < 4.78 is 39.4. The van der Waals surface area contributed by atoms with Gasteiger partial charge in [-0.25, -0.2) is 9.97 Å². The summed E-state index contributed by atoms with van der Waals surface area (Å²) in [5, 5.41) is 1.14. The first-order valence-electron chi connectivity index (χ1n) is 10.2. The van der Waals surface area contributed by atoms with Crippen molar-refractivity contribution in [3.05, 3.63) is 60.0 Å². The molecular formula is C22H22F3N5. The number of benzene rings is 1. The molecule has 1 aromatic carbocycles. The van der Waals surface area contributed by atoms with Gasteiger partial charge in [0.2, 0.25) is 5.95 Å². The highest BCUT2D eigenvalue weighted by molar-refractivity contribution is 5.81. The zero-order chi connectivity index (χ0) is 20.7. The molecule has 5 rings (SSSR count). The van der Waals surface area contributed by atoms with Crippen molar-refractivity contribution in [2.24, 2.45) is 0 Å².